The summed E-state index contributed by atoms with van der Waals surface area (Å²) in [5.74, 6) is 0. The molecule has 0 saturated carbocycles. The zero-order chi connectivity index (χ0) is 18.9. The van der Waals surface area contributed by atoms with Crippen molar-refractivity contribution in [3.63, 3.8) is 0 Å². The highest BCUT2D eigenvalue weighted by Gasteiger charge is 2.06. The smallest absolute Gasteiger partial charge is 0.104 e. The molecule has 1 unspecified atom stereocenters. The molecule has 0 aliphatic carbocycles. The lowest BCUT2D eigenvalue weighted by Crippen LogP contribution is -2.23. The third-order valence-corrected chi connectivity index (χ3v) is 2.10. The third kappa shape index (κ3) is 23.5. The average molecular weight is 331 g/mol. The van der Waals surface area contributed by atoms with E-state index >= 15 is 0 Å². The first-order chi connectivity index (χ1) is 11.4. The second-order valence-corrected chi connectivity index (χ2v) is 3.31. The highest BCUT2D eigenvalue weighted by molar-refractivity contribution is 5.13. The summed E-state index contributed by atoms with van der Waals surface area (Å²) in [6, 6.07) is 10.1. The van der Waals surface area contributed by atoms with Crippen LogP contribution in [-0.4, -0.2) is 33.5 Å². The minimum atomic E-state index is 0.0127. The van der Waals surface area contributed by atoms with Crippen LogP contribution in [0, 0.1) is 0 Å². The van der Waals surface area contributed by atoms with Crippen LogP contribution in [0.2, 0.25) is 0 Å². The highest BCUT2D eigenvalue weighted by Crippen LogP contribution is 2.01. The van der Waals surface area contributed by atoms with E-state index in [1.54, 1.807) is 14.2 Å². The van der Waals surface area contributed by atoms with Crippen molar-refractivity contribution in [2.75, 3.05) is 27.4 Å². The first kappa shape index (κ1) is 30.0. The van der Waals surface area contributed by atoms with E-state index in [2.05, 4.69) is 0 Å². The lowest BCUT2D eigenvalue weighted by atomic mass is 10.2. The van der Waals surface area contributed by atoms with Crippen LogP contribution in [0.4, 0.5) is 0 Å². The molecular weight excluding hydrogens is 288 g/mol. The molecule has 3 heteroatoms. The van der Waals surface area contributed by atoms with Gasteiger partial charge in [-0.15, -0.1) is 0 Å². The largest absolute Gasteiger partial charge is 0.382 e. The van der Waals surface area contributed by atoms with E-state index in [9.17, 15) is 0 Å². The highest BCUT2D eigenvalue weighted by atomic mass is 16.5. The van der Waals surface area contributed by atoms with Crippen LogP contribution in [-0.2, 0) is 20.8 Å². The van der Waals surface area contributed by atoms with Gasteiger partial charge in [-0.2, -0.15) is 0 Å². The molecule has 0 aliphatic rings. The predicted octanol–water partition coefficient (Wildman–Crippen LogP) is 5.97. The molecule has 0 N–H and O–H groups in total. The van der Waals surface area contributed by atoms with E-state index in [0.717, 1.165) is 0 Å². The fraction of sp³-hybridized carbons (Fsp3) is 0.700. The van der Waals surface area contributed by atoms with E-state index in [1.807, 2.05) is 85.7 Å². The molecule has 0 heterocycles. The van der Waals surface area contributed by atoms with E-state index in [1.165, 1.54) is 5.56 Å². The van der Waals surface area contributed by atoms with Crippen LogP contribution in [0.5, 0.6) is 0 Å². The number of hydrogen-bond acceptors (Lipinski definition) is 3. The zero-order valence-corrected chi connectivity index (χ0v) is 17.3. The molecule has 1 atom stereocenters. The third-order valence-electron chi connectivity index (χ3n) is 2.10. The van der Waals surface area contributed by atoms with Gasteiger partial charge in [0.05, 0.1) is 19.8 Å². The Morgan fingerprint density at radius 2 is 1.22 bits per heavy atom. The summed E-state index contributed by atoms with van der Waals surface area (Å²) >= 11 is 0. The van der Waals surface area contributed by atoms with Crippen LogP contribution in [0.1, 0.15) is 61.0 Å². The molecule has 0 amide bonds. The van der Waals surface area contributed by atoms with Gasteiger partial charge in [0.1, 0.15) is 6.10 Å². The van der Waals surface area contributed by atoms with E-state index in [0.29, 0.717) is 19.8 Å². The van der Waals surface area contributed by atoms with Crippen molar-refractivity contribution in [2.45, 2.75) is 68.1 Å². The molecule has 0 aliphatic heterocycles. The van der Waals surface area contributed by atoms with Crippen LogP contribution in [0.3, 0.4) is 0 Å². The summed E-state index contributed by atoms with van der Waals surface area (Å²) in [6.45, 7) is 17.7. The van der Waals surface area contributed by atoms with E-state index < -0.39 is 0 Å². The Labute approximate surface area is 146 Å². The lowest BCUT2D eigenvalue weighted by Gasteiger charge is -2.14. The number of benzene rings is 1. The minimum absolute atomic E-state index is 0.0127. The van der Waals surface area contributed by atoms with Gasteiger partial charge >= 0.3 is 0 Å². The molecule has 3 nitrogen and oxygen atoms in total. The van der Waals surface area contributed by atoms with Gasteiger partial charge in [0.15, 0.2) is 0 Å². The normalized spacial score (nSPS) is 9.30. The summed E-state index contributed by atoms with van der Waals surface area (Å²) in [6.07, 6.45) is 0.0127. The number of methoxy groups -OCH3 is 2. The summed E-state index contributed by atoms with van der Waals surface area (Å²) in [5.41, 5.74) is 1.17. The van der Waals surface area contributed by atoms with Crippen molar-refractivity contribution in [3.05, 3.63) is 35.9 Å². The van der Waals surface area contributed by atoms with E-state index in [4.69, 9.17) is 14.2 Å². The second kappa shape index (κ2) is 32.9. The molecule has 0 radical (unpaired) electrons. The summed E-state index contributed by atoms with van der Waals surface area (Å²) in [7, 11) is 3.32. The van der Waals surface area contributed by atoms with Crippen molar-refractivity contribution >= 4 is 0 Å². The van der Waals surface area contributed by atoms with Crippen molar-refractivity contribution in [2.24, 2.45) is 0 Å². The van der Waals surface area contributed by atoms with Gasteiger partial charge in [-0.1, -0.05) is 85.7 Å². The van der Waals surface area contributed by atoms with Crippen LogP contribution in [0.15, 0.2) is 30.3 Å². The molecule has 0 spiro atoms. The Hall–Kier alpha value is -0.900. The van der Waals surface area contributed by atoms with Gasteiger partial charge in [0.2, 0.25) is 0 Å². The molecule has 0 saturated heterocycles. The standard InChI is InChI=1S/C12H18O3.4C2H6/c1-13-9-12(14-2)10-15-8-11-6-4-3-5-7-11;4*1-2/h3-7,12H,8-10H2,1-2H3;4*1-2H3. The number of ether oxygens (including phenoxy) is 3. The maximum atomic E-state index is 5.52. The van der Waals surface area contributed by atoms with Gasteiger partial charge in [-0.25, -0.2) is 0 Å². The number of rotatable bonds is 7. The maximum absolute atomic E-state index is 5.52. The predicted molar refractivity (Wildman–Crippen MR) is 104 cm³/mol. The molecule has 140 valence electrons. The van der Waals surface area contributed by atoms with Crippen molar-refractivity contribution < 1.29 is 14.2 Å². The Morgan fingerprint density at radius 3 is 1.61 bits per heavy atom. The van der Waals surface area contributed by atoms with Crippen LogP contribution >= 0.6 is 0 Å². The zero-order valence-electron chi connectivity index (χ0n) is 17.3. The van der Waals surface area contributed by atoms with Crippen molar-refractivity contribution in [1.29, 1.82) is 0 Å². The van der Waals surface area contributed by atoms with Gasteiger partial charge in [0, 0.05) is 14.2 Å². The Kier molecular flexibility index (Phi) is 42.9. The summed E-state index contributed by atoms with van der Waals surface area (Å²) in [4.78, 5) is 0. The molecule has 23 heavy (non-hydrogen) atoms. The summed E-state index contributed by atoms with van der Waals surface area (Å²) < 4.78 is 15.7. The average Bonchev–Trinajstić information content (AvgIpc) is 2.68. The van der Waals surface area contributed by atoms with Crippen LogP contribution < -0.4 is 0 Å². The van der Waals surface area contributed by atoms with E-state index in [-0.39, 0.29) is 6.10 Å². The first-order valence-electron chi connectivity index (χ1n) is 9.00. The van der Waals surface area contributed by atoms with Crippen LogP contribution in [0.25, 0.3) is 0 Å². The molecule has 0 bridgehead atoms. The summed E-state index contributed by atoms with van der Waals surface area (Å²) in [5, 5.41) is 0. The Bertz CT molecular complexity index is 250. The molecule has 1 rings (SSSR count). The molecule has 1 aromatic rings. The minimum Gasteiger partial charge on any atom is -0.382 e. The molecule has 0 fully saturated rings. The molecule has 0 aromatic heterocycles. The quantitative estimate of drug-likeness (QED) is 0.616. The van der Waals surface area contributed by atoms with Crippen molar-refractivity contribution in [1.82, 2.24) is 0 Å². The van der Waals surface area contributed by atoms with Gasteiger partial charge in [-0.3, -0.25) is 0 Å². The number of hydrogen-bond donors (Lipinski definition) is 0. The second-order valence-electron chi connectivity index (χ2n) is 3.31. The lowest BCUT2D eigenvalue weighted by molar-refractivity contribution is -0.0347. The first-order valence-corrected chi connectivity index (χ1v) is 9.00. The topological polar surface area (TPSA) is 27.7 Å². The Balaban J connectivity index is -0.000000196. The van der Waals surface area contributed by atoms with Gasteiger partial charge in [0.25, 0.3) is 0 Å². The van der Waals surface area contributed by atoms with Gasteiger partial charge in [-0.05, 0) is 5.56 Å². The van der Waals surface area contributed by atoms with Crippen molar-refractivity contribution in [3.8, 4) is 0 Å². The SMILES string of the molecule is CC.CC.CC.CC.COCC(COCc1ccccc1)OC. The fourth-order valence-corrected chi connectivity index (χ4v) is 1.25. The Morgan fingerprint density at radius 1 is 0.739 bits per heavy atom. The maximum Gasteiger partial charge on any atom is 0.104 e. The molecule has 1 aromatic carbocycles. The fourth-order valence-electron chi connectivity index (χ4n) is 1.25. The van der Waals surface area contributed by atoms with Gasteiger partial charge < -0.3 is 14.2 Å². The molecular formula is C20H42O3. The monoisotopic (exact) mass is 330 g/mol.